The van der Waals surface area contributed by atoms with E-state index in [0.29, 0.717) is 0 Å². The van der Waals surface area contributed by atoms with Crippen LogP contribution in [0.2, 0.25) is 0 Å². The molecule has 15 heavy (non-hydrogen) atoms. The van der Waals surface area contributed by atoms with Gasteiger partial charge in [-0.25, -0.2) is 0 Å². The second-order valence-corrected chi connectivity index (χ2v) is 9.05. The molecule has 0 aromatic heterocycles. The first kappa shape index (κ1) is 13.2. The first-order valence-corrected chi connectivity index (χ1v) is 9.95. The molecule has 0 N–H and O–H groups in total. The molecule has 1 rings (SSSR count). The van der Waals surface area contributed by atoms with E-state index in [1.807, 2.05) is 28.9 Å². The van der Waals surface area contributed by atoms with Crippen molar-refractivity contribution in [3.05, 3.63) is 36.9 Å². The molecule has 0 saturated carbocycles. The molecule has 0 aliphatic carbocycles. The molecular formula is C11H14Cl2ORu. The van der Waals surface area contributed by atoms with Gasteiger partial charge < -0.3 is 0 Å². The van der Waals surface area contributed by atoms with Crippen LogP contribution in [-0.2, 0) is 17.9 Å². The minimum absolute atomic E-state index is 0.269. The van der Waals surface area contributed by atoms with E-state index in [1.54, 1.807) is 0 Å². The summed E-state index contributed by atoms with van der Waals surface area (Å²) in [5.41, 5.74) is 1.04. The molecule has 1 aromatic carbocycles. The summed E-state index contributed by atoms with van der Waals surface area (Å²) >= 11 is -1.79. The van der Waals surface area contributed by atoms with Crippen molar-refractivity contribution in [1.29, 1.82) is 0 Å². The normalized spacial score (nSPS) is 11.5. The van der Waals surface area contributed by atoms with Crippen LogP contribution in [-0.4, -0.2) is 10.7 Å². The van der Waals surface area contributed by atoms with Crippen molar-refractivity contribution in [3.8, 4) is 5.75 Å². The summed E-state index contributed by atoms with van der Waals surface area (Å²) in [5, 5.41) is 0. The SMILES string of the molecule is [CH2-][O+](c1ccccc1[CH]=[Ru]([Cl])[Cl])C(C)C. The molecule has 0 atom stereocenters. The van der Waals surface area contributed by atoms with Gasteiger partial charge in [-0.2, -0.15) is 0 Å². The van der Waals surface area contributed by atoms with E-state index in [9.17, 15) is 0 Å². The van der Waals surface area contributed by atoms with E-state index in [4.69, 9.17) is 19.4 Å². The average Bonchev–Trinajstić information content (AvgIpc) is 2.16. The molecule has 0 spiro atoms. The number of para-hydroxylation sites is 1. The molecule has 86 valence electrons. The molecule has 0 aliphatic rings. The monoisotopic (exact) mass is 334 g/mol. The fourth-order valence-corrected chi connectivity index (χ4v) is 2.95. The van der Waals surface area contributed by atoms with E-state index >= 15 is 0 Å². The molecule has 0 bridgehead atoms. The summed E-state index contributed by atoms with van der Waals surface area (Å²) in [5.74, 6) is 0.993. The summed E-state index contributed by atoms with van der Waals surface area (Å²) < 4.78 is 4.74. The van der Waals surface area contributed by atoms with Gasteiger partial charge in [-0.05, 0) is 0 Å². The second-order valence-electron chi connectivity index (χ2n) is 3.32. The summed E-state index contributed by atoms with van der Waals surface area (Å²) in [6, 6.07) is 7.93. The topological polar surface area (TPSA) is 2.70 Å². The van der Waals surface area contributed by atoms with Gasteiger partial charge in [0, 0.05) is 0 Å². The Morgan fingerprint density at radius 1 is 1.33 bits per heavy atom. The predicted octanol–water partition coefficient (Wildman–Crippen LogP) is 4.23. The fourth-order valence-electron chi connectivity index (χ4n) is 1.14. The van der Waals surface area contributed by atoms with Crippen molar-refractivity contribution in [2.24, 2.45) is 0 Å². The van der Waals surface area contributed by atoms with Crippen molar-refractivity contribution in [1.82, 2.24) is 0 Å². The number of benzene rings is 1. The fraction of sp³-hybridized carbons (Fsp3) is 0.273. The Labute approximate surface area is 104 Å². The van der Waals surface area contributed by atoms with Crippen LogP contribution in [0, 0.1) is 7.11 Å². The molecule has 0 radical (unpaired) electrons. The third kappa shape index (κ3) is 3.86. The summed E-state index contributed by atoms with van der Waals surface area (Å²) in [6.07, 6.45) is 0.269. The standard InChI is InChI=1S/C11H14O.2ClH.Ru/c1-9(2)12(4)11-8-6-5-7-10(11)3;;;/h3,5-9H,4H2,1-2H3;2*1H;/q;;;+2/p-2. The van der Waals surface area contributed by atoms with Crippen molar-refractivity contribution >= 4 is 24.0 Å². The molecule has 0 aliphatic heterocycles. The summed E-state index contributed by atoms with van der Waals surface area (Å²) in [7, 11) is 15.7. The predicted molar refractivity (Wildman–Crippen MR) is 64.3 cm³/mol. The molecule has 1 nitrogen and oxygen atoms in total. The van der Waals surface area contributed by atoms with Gasteiger partial charge in [0.25, 0.3) is 0 Å². The number of rotatable bonds is 3. The van der Waals surface area contributed by atoms with Gasteiger partial charge in [0.1, 0.15) is 0 Å². The van der Waals surface area contributed by atoms with Gasteiger partial charge in [0.15, 0.2) is 0 Å². The molecule has 0 fully saturated rings. The van der Waals surface area contributed by atoms with Gasteiger partial charge in [-0.3, -0.25) is 0 Å². The van der Waals surface area contributed by atoms with Crippen LogP contribution in [0.1, 0.15) is 19.4 Å². The average molecular weight is 334 g/mol. The Hall–Kier alpha value is 0.0934. The second kappa shape index (κ2) is 5.98. The van der Waals surface area contributed by atoms with Crippen LogP contribution in [0.15, 0.2) is 24.3 Å². The Bertz CT molecular complexity index is 359. The van der Waals surface area contributed by atoms with Gasteiger partial charge in [-0.15, -0.1) is 0 Å². The maximum absolute atomic E-state index is 5.87. The van der Waals surface area contributed by atoms with Crippen LogP contribution in [0.5, 0.6) is 5.75 Å². The Balaban J connectivity index is 3.12. The molecule has 4 heteroatoms. The van der Waals surface area contributed by atoms with Crippen LogP contribution >= 0.6 is 19.4 Å². The Morgan fingerprint density at radius 3 is 2.47 bits per heavy atom. The van der Waals surface area contributed by atoms with Crippen LogP contribution < -0.4 is 0 Å². The van der Waals surface area contributed by atoms with Crippen LogP contribution in [0.3, 0.4) is 0 Å². The van der Waals surface area contributed by atoms with E-state index in [1.165, 1.54) is 0 Å². The molecule has 0 heterocycles. The first-order valence-electron chi connectivity index (χ1n) is 4.47. The molecule has 0 amide bonds. The Morgan fingerprint density at radius 2 is 1.93 bits per heavy atom. The van der Waals surface area contributed by atoms with Crippen molar-refractivity contribution in [3.63, 3.8) is 0 Å². The number of halogens is 2. The van der Waals surface area contributed by atoms with E-state index < -0.39 is 13.5 Å². The third-order valence-corrected chi connectivity index (χ3v) is 3.79. The van der Waals surface area contributed by atoms with Gasteiger partial charge in [0.2, 0.25) is 0 Å². The zero-order valence-corrected chi connectivity index (χ0v) is 11.9. The van der Waals surface area contributed by atoms with Gasteiger partial charge >= 0.3 is 105 Å². The summed E-state index contributed by atoms with van der Waals surface area (Å²) in [4.78, 5) is 0. The Kier molecular flexibility index (Phi) is 5.25. The molecule has 1 aromatic rings. The van der Waals surface area contributed by atoms with E-state index in [0.717, 1.165) is 11.3 Å². The first-order chi connectivity index (χ1) is 7.02. The number of hydrogen-bond acceptors (Lipinski definition) is 0. The zero-order chi connectivity index (χ0) is 11.4. The minimum atomic E-state index is -1.79. The van der Waals surface area contributed by atoms with Gasteiger partial charge in [-0.1, -0.05) is 0 Å². The summed E-state index contributed by atoms with van der Waals surface area (Å²) in [6.45, 7) is 4.12. The van der Waals surface area contributed by atoms with Crippen molar-refractivity contribution in [2.45, 2.75) is 20.0 Å². The van der Waals surface area contributed by atoms with Crippen molar-refractivity contribution in [2.75, 3.05) is 0 Å². The quantitative estimate of drug-likeness (QED) is 0.442. The van der Waals surface area contributed by atoms with E-state index in [-0.39, 0.29) is 6.10 Å². The maximum atomic E-state index is 5.87. The molecule has 0 saturated heterocycles. The van der Waals surface area contributed by atoms with E-state index in [2.05, 4.69) is 25.3 Å². The van der Waals surface area contributed by atoms with Crippen molar-refractivity contribution < 1.29 is 17.9 Å². The molecular weight excluding hydrogens is 320 g/mol. The number of hydrogen-bond donors (Lipinski definition) is 0. The zero-order valence-electron chi connectivity index (χ0n) is 8.69. The third-order valence-electron chi connectivity index (χ3n) is 1.96. The van der Waals surface area contributed by atoms with Crippen LogP contribution in [0.4, 0.5) is 0 Å². The van der Waals surface area contributed by atoms with Crippen LogP contribution in [0.25, 0.3) is 0 Å². The molecule has 0 unspecified atom stereocenters. The van der Waals surface area contributed by atoms with Gasteiger partial charge in [0.05, 0.1) is 0 Å².